The molecule has 5 heteroatoms. The Bertz CT molecular complexity index is 496. The summed E-state index contributed by atoms with van der Waals surface area (Å²) in [5.74, 6) is 1.82. The number of anilines is 1. The van der Waals surface area contributed by atoms with Gasteiger partial charge < -0.3 is 15.4 Å². The van der Waals surface area contributed by atoms with E-state index >= 15 is 0 Å². The smallest absolute Gasteiger partial charge is 0.252 e. The summed E-state index contributed by atoms with van der Waals surface area (Å²) < 4.78 is 0. The van der Waals surface area contributed by atoms with Crippen molar-refractivity contribution in [2.24, 2.45) is 0 Å². The van der Waals surface area contributed by atoms with Gasteiger partial charge in [-0.2, -0.15) is 0 Å². The number of rotatable bonds is 3. The van der Waals surface area contributed by atoms with Crippen LogP contribution in [0.25, 0.3) is 0 Å². The second-order valence-electron chi connectivity index (χ2n) is 5.75. The first kappa shape index (κ1) is 12.7. The van der Waals surface area contributed by atoms with Crippen molar-refractivity contribution in [2.45, 2.75) is 63.0 Å². The summed E-state index contributed by atoms with van der Waals surface area (Å²) in [5, 5.41) is 13.3. The van der Waals surface area contributed by atoms with Gasteiger partial charge in [0.15, 0.2) is 0 Å². The molecule has 1 aromatic heterocycles. The number of hydrogen-bond donors (Lipinski definition) is 3. The molecule has 0 aliphatic heterocycles. The predicted octanol–water partition coefficient (Wildman–Crippen LogP) is 1.75. The molecule has 0 saturated heterocycles. The normalized spacial score (nSPS) is 27.8. The van der Waals surface area contributed by atoms with Gasteiger partial charge in [-0.15, -0.1) is 0 Å². The first-order valence-corrected chi connectivity index (χ1v) is 7.28. The van der Waals surface area contributed by atoms with E-state index in [-0.39, 0.29) is 17.7 Å². The fourth-order valence-electron chi connectivity index (χ4n) is 2.75. The van der Waals surface area contributed by atoms with E-state index in [0.29, 0.717) is 11.7 Å². The number of hydrogen-bond acceptors (Lipinski definition) is 4. The number of H-pyrrole nitrogens is 1. The van der Waals surface area contributed by atoms with E-state index in [2.05, 4.69) is 15.3 Å². The first-order valence-electron chi connectivity index (χ1n) is 7.28. The molecule has 2 atom stereocenters. The Morgan fingerprint density at radius 1 is 1.21 bits per heavy atom. The average molecular weight is 263 g/mol. The van der Waals surface area contributed by atoms with Gasteiger partial charge in [0.2, 0.25) is 0 Å². The van der Waals surface area contributed by atoms with Crippen molar-refractivity contribution < 1.29 is 5.11 Å². The van der Waals surface area contributed by atoms with Crippen LogP contribution < -0.4 is 10.9 Å². The fraction of sp³-hybridized carbons (Fsp3) is 0.714. The van der Waals surface area contributed by atoms with Crippen molar-refractivity contribution in [1.29, 1.82) is 0 Å². The van der Waals surface area contributed by atoms with E-state index in [1.165, 1.54) is 12.5 Å². The number of nitrogens with zero attached hydrogens (tertiary/aromatic N) is 1. The van der Waals surface area contributed by atoms with Gasteiger partial charge in [-0.25, -0.2) is 4.98 Å². The van der Waals surface area contributed by atoms with Crippen LogP contribution in [0.4, 0.5) is 5.82 Å². The lowest BCUT2D eigenvalue weighted by Crippen LogP contribution is -2.33. The minimum absolute atomic E-state index is 0.0175. The Labute approximate surface area is 112 Å². The molecule has 104 valence electrons. The molecule has 19 heavy (non-hydrogen) atoms. The Morgan fingerprint density at radius 3 is 2.79 bits per heavy atom. The predicted molar refractivity (Wildman–Crippen MR) is 73.3 cm³/mol. The lowest BCUT2D eigenvalue weighted by molar-refractivity contribution is 0.144. The third kappa shape index (κ3) is 3.15. The van der Waals surface area contributed by atoms with Crippen molar-refractivity contribution in [3.63, 3.8) is 0 Å². The largest absolute Gasteiger partial charge is 0.391 e. The van der Waals surface area contributed by atoms with Crippen molar-refractivity contribution in [3.05, 3.63) is 22.2 Å². The van der Waals surface area contributed by atoms with Gasteiger partial charge in [-0.1, -0.05) is 19.3 Å². The standard InChI is InChI=1S/C14H21N3O2/c18-11-5-3-1-2-4-10(11)15-12-8-13(19)17-14(16-12)9-6-7-9/h8-11,18H,1-7H2,(H2,15,16,17,19). The van der Waals surface area contributed by atoms with E-state index in [9.17, 15) is 9.90 Å². The fourth-order valence-corrected chi connectivity index (χ4v) is 2.75. The lowest BCUT2D eigenvalue weighted by Gasteiger charge is -2.22. The molecule has 1 aromatic rings. The third-order valence-corrected chi connectivity index (χ3v) is 4.04. The highest BCUT2D eigenvalue weighted by molar-refractivity contribution is 5.35. The number of aromatic nitrogens is 2. The van der Waals surface area contributed by atoms with Crippen molar-refractivity contribution in [2.75, 3.05) is 5.32 Å². The molecule has 0 amide bonds. The topological polar surface area (TPSA) is 78.0 Å². The van der Waals surface area contributed by atoms with Crippen LogP contribution in [0.5, 0.6) is 0 Å². The SMILES string of the molecule is O=c1cc(NC2CCCCCC2O)nc(C2CC2)[nH]1. The van der Waals surface area contributed by atoms with E-state index in [1.807, 2.05) is 0 Å². The summed E-state index contributed by atoms with van der Waals surface area (Å²) in [7, 11) is 0. The minimum atomic E-state index is -0.340. The highest BCUT2D eigenvalue weighted by Gasteiger charge is 2.27. The van der Waals surface area contributed by atoms with Gasteiger partial charge in [0.25, 0.3) is 5.56 Å². The summed E-state index contributed by atoms with van der Waals surface area (Å²) in [6.45, 7) is 0. The van der Waals surface area contributed by atoms with Crippen molar-refractivity contribution >= 4 is 5.82 Å². The molecule has 0 spiro atoms. The summed E-state index contributed by atoms with van der Waals surface area (Å²) in [6, 6.07) is 1.51. The molecule has 0 radical (unpaired) electrons. The minimum Gasteiger partial charge on any atom is -0.391 e. The second-order valence-corrected chi connectivity index (χ2v) is 5.75. The number of aromatic amines is 1. The Kier molecular flexibility index (Phi) is 3.55. The molecular formula is C14H21N3O2. The molecule has 2 aliphatic carbocycles. The molecule has 3 N–H and O–H groups in total. The monoisotopic (exact) mass is 263 g/mol. The van der Waals surface area contributed by atoms with E-state index in [0.717, 1.165) is 44.3 Å². The number of aliphatic hydroxyl groups is 1. The van der Waals surface area contributed by atoms with E-state index < -0.39 is 0 Å². The molecule has 0 aromatic carbocycles. The Balaban J connectivity index is 1.76. The van der Waals surface area contributed by atoms with Crippen LogP contribution in [-0.4, -0.2) is 27.2 Å². The van der Waals surface area contributed by atoms with Crippen LogP contribution in [-0.2, 0) is 0 Å². The van der Waals surface area contributed by atoms with Gasteiger partial charge in [-0.05, 0) is 25.7 Å². The maximum absolute atomic E-state index is 11.6. The van der Waals surface area contributed by atoms with Crippen molar-refractivity contribution in [1.82, 2.24) is 9.97 Å². The molecule has 0 bridgehead atoms. The number of nitrogens with one attached hydrogen (secondary N) is 2. The maximum atomic E-state index is 11.6. The van der Waals surface area contributed by atoms with Crippen LogP contribution >= 0.6 is 0 Å². The van der Waals surface area contributed by atoms with Crippen LogP contribution in [0.2, 0.25) is 0 Å². The quantitative estimate of drug-likeness (QED) is 0.726. The second kappa shape index (κ2) is 5.33. The first-order chi connectivity index (χ1) is 9.22. The average Bonchev–Trinajstić information content (AvgIpc) is 3.19. The molecular weight excluding hydrogens is 242 g/mol. The van der Waals surface area contributed by atoms with Gasteiger partial charge in [-0.3, -0.25) is 4.79 Å². The molecule has 1 heterocycles. The molecule has 3 rings (SSSR count). The number of aliphatic hydroxyl groups excluding tert-OH is 1. The van der Waals surface area contributed by atoms with Crippen LogP contribution in [0.1, 0.15) is 56.7 Å². The molecule has 2 saturated carbocycles. The zero-order valence-corrected chi connectivity index (χ0v) is 11.1. The van der Waals surface area contributed by atoms with E-state index in [4.69, 9.17) is 0 Å². The molecule has 5 nitrogen and oxygen atoms in total. The summed E-state index contributed by atoms with van der Waals surface area (Å²) in [4.78, 5) is 18.9. The van der Waals surface area contributed by atoms with Crippen LogP contribution in [0, 0.1) is 0 Å². The highest BCUT2D eigenvalue weighted by Crippen LogP contribution is 2.37. The van der Waals surface area contributed by atoms with Crippen LogP contribution in [0.3, 0.4) is 0 Å². The maximum Gasteiger partial charge on any atom is 0.252 e. The molecule has 2 fully saturated rings. The summed E-state index contributed by atoms with van der Waals surface area (Å²) in [6.07, 6.45) is 7.02. The Morgan fingerprint density at radius 2 is 2.00 bits per heavy atom. The molecule has 2 unspecified atom stereocenters. The zero-order valence-electron chi connectivity index (χ0n) is 11.1. The lowest BCUT2D eigenvalue weighted by atomic mass is 10.1. The Hall–Kier alpha value is -1.36. The van der Waals surface area contributed by atoms with Gasteiger partial charge in [0, 0.05) is 12.0 Å². The van der Waals surface area contributed by atoms with Gasteiger partial charge in [0.05, 0.1) is 12.1 Å². The summed E-state index contributed by atoms with van der Waals surface area (Å²) in [5.41, 5.74) is -0.109. The van der Waals surface area contributed by atoms with E-state index in [1.54, 1.807) is 0 Å². The van der Waals surface area contributed by atoms with Crippen molar-refractivity contribution in [3.8, 4) is 0 Å². The molecule has 2 aliphatic rings. The van der Waals surface area contributed by atoms with Crippen LogP contribution in [0.15, 0.2) is 10.9 Å². The zero-order chi connectivity index (χ0) is 13.2. The van der Waals surface area contributed by atoms with Gasteiger partial charge in [0.1, 0.15) is 11.6 Å². The highest BCUT2D eigenvalue weighted by atomic mass is 16.3. The summed E-state index contributed by atoms with van der Waals surface area (Å²) >= 11 is 0. The third-order valence-electron chi connectivity index (χ3n) is 4.04. The van der Waals surface area contributed by atoms with Gasteiger partial charge >= 0.3 is 0 Å².